The van der Waals surface area contributed by atoms with E-state index in [4.69, 9.17) is 16.3 Å². The first kappa shape index (κ1) is 15.8. The molecule has 1 aromatic rings. The summed E-state index contributed by atoms with van der Waals surface area (Å²) in [5.41, 5.74) is 1.08. The summed E-state index contributed by atoms with van der Waals surface area (Å²) in [5.74, 6) is 0.779. The van der Waals surface area contributed by atoms with Gasteiger partial charge in [0.25, 0.3) is 0 Å². The van der Waals surface area contributed by atoms with E-state index in [1.807, 2.05) is 24.3 Å². The fourth-order valence-electron chi connectivity index (χ4n) is 2.87. The highest BCUT2D eigenvalue weighted by atomic mass is 35.5. The van der Waals surface area contributed by atoms with Gasteiger partial charge in [-0.15, -0.1) is 0 Å². The number of piperidine rings is 1. The van der Waals surface area contributed by atoms with Gasteiger partial charge in [0, 0.05) is 10.9 Å². The number of hydrogen-bond donors (Lipinski definition) is 2. The van der Waals surface area contributed by atoms with Gasteiger partial charge in [-0.1, -0.05) is 30.7 Å². The molecule has 0 spiro atoms. The van der Waals surface area contributed by atoms with Gasteiger partial charge in [0.1, 0.15) is 12.6 Å². The maximum absolute atomic E-state index is 10.0. The summed E-state index contributed by atoms with van der Waals surface area (Å²) in [6.07, 6.45) is 2.23. The zero-order valence-corrected chi connectivity index (χ0v) is 12.9. The number of ether oxygens (including phenoxy) is 1. The number of aliphatic hydroxyl groups excluding tert-OH is 1. The van der Waals surface area contributed by atoms with Crippen LogP contribution in [0.25, 0.3) is 0 Å². The van der Waals surface area contributed by atoms with Gasteiger partial charge in [-0.2, -0.15) is 0 Å². The van der Waals surface area contributed by atoms with Crippen LogP contribution in [0.2, 0.25) is 5.02 Å². The summed E-state index contributed by atoms with van der Waals surface area (Å²) in [4.78, 5) is 1.51. The Hall–Kier alpha value is -0.610. The van der Waals surface area contributed by atoms with Crippen LogP contribution < -0.4 is 4.90 Å². The second-order valence-corrected chi connectivity index (χ2v) is 6.39. The van der Waals surface area contributed by atoms with Crippen LogP contribution in [0.4, 0.5) is 0 Å². The predicted molar refractivity (Wildman–Crippen MR) is 81.1 cm³/mol. The minimum atomic E-state index is -0.373. The lowest BCUT2D eigenvalue weighted by molar-refractivity contribution is -0.911. The quantitative estimate of drug-likeness (QED) is 0.835. The molecule has 4 heteroatoms. The first-order valence-electron chi connectivity index (χ1n) is 7.47. The highest BCUT2D eigenvalue weighted by Crippen LogP contribution is 2.10. The lowest BCUT2D eigenvalue weighted by atomic mass is 10.0. The number of hydrogen-bond acceptors (Lipinski definition) is 2. The van der Waals surface area contributed by atoms with Crippen molar-refractivity contribution in [2.24, 2.45) is 5.92 Å². The highest BCUT2D eigenvalue weighted by molar-refractivity contribution is 6.30. The van der Waals surface area contributed by atoms with E-state index in [0.29, 0.717) is 13.2 Å². The second kappa shape index (κ2) is 7.99. The predicted octanol–water partition coefficient (Wildman–Crippen LogP) is 1.53. The van der Waals surface area contributed by atoms with Crippen LogP contribution in [0.1, 0.15) is 25.3 Å². The molecule has 0 aliphatic carbocycles. The van der Waals surface area contributed by atoms with Crippen LogP contribution in [-0.2, 0) is 11.3 Å². The summed E-state index contributed by atoms with van der Waals surface area (Å²) in [6, 6.07) is 7.62. The van der Waals surface area contributed by atoms with E-state index in [-0.39, 0.29) is 6.10 Å². The molecule has 0 amide bonds. The van der Waals surface area contributed by atoms with E-state index < -0.39 is 0 Å². The van der Waals surface area contributed by atoms with E-state index >= 15 is 0 Å². The Labute approximate surface area is 126 Å². The normalized spacial score (nSPS) is 24.6. The maximum atomic E-state index is 10.0. The van der Waals surface area contributed by atoms with Gasteiger partial charge in [-0.25, -0.2) is 0 Å². The molecule has 0 saturated carbocycles. The fraction of sp³-hybridized carbons (Fsp3) is 0.625. The number of halogens is 1. The fourth-order valence-corrected chi connectivity index (χ4v) is 2.99. The number of rotatable bonds is 6. The molecule has 1 saturated heterocycles. The van der Waals surface area contributed by atoms with Crippen LogP contribution in [0.3, 0.4) is 0 Å². The molecule has 1 fully saturated rings. The molecular weight excluding hydrogens is 274 g/mol. The first-order chi connectivity index (χ1) is 9.63. The Morgan fingerprint density at radius 3 is 2.85 bits per heavy atom. The van der Waals surface area contributed by atoms with Crippen molar-refractivity contribution in [3.8, 4) is 0 Å². The molecule has 1 unspecified atom stereocenters. The SMILES string of the molecule is C[C@H]1CCC[NH+](C[C@@H](O)COCc2ccc(Cl)cc2)C1. The second-order valence-electron chi connectivity index (χ2n) is 5.95. The monoisotopic (exact) mass is 298 g/mol. The summed E-state index contributed by atoms with van der Waals surface area (Å²) < 4.78 is 5.58. The molecule has 112 valence electrons. The van der Waals surface area contributed by atoms with Gasteiger partial charge in [0.05, 0.1) is 26.3 Å². The molecule has 0 bridgehead atoms. The molecule has 1 aromatic carbocycles. The number of likely N-dealkylation sites (tertiary alicyclic amines) is 1. The van der Waals surface area contributed by atoms with E-state index in [2.05, 4.69) is 6.92 Å². The van der Waals surface area contributed by atoms with Crippen molar-refractivity contribution < 1.29 is 14.7 Å². The van der Waals surface area contributed by atoms with Crippen LogP contribution >= 0.6 is 11.6 Å². The topological polar surface area (TPSA) is 33.9 Å². The van der Waals surface area contributed by atoms with Crippen molar-refractivity contribution in [1.29, 1.82) is 0 Å². The summed E-state index contributed by atoms with van der Waals surface area (Å²) in [6.45, 7) is 6.38. The molecule has 0 aromatic heterocycles. The summed E-state index contributed by atoms with van der Waals surface area (Å²) in [7, 11) is 0. The van der Waals surface area contributed by atoms with Crippen LogP contribution in [0.5, 0.6) is 0 Å². The van der Waals surface area contributed by atoms with Gasteiger partial charge in [-0.3, -0.25) is 0 Å². The van der Waals surface area contributed by atoms with Crippen LogP contribution in [0.15, 0.2) is 24.3 Å². The number of nitrogens with one attached hydrogen (secondary N) is 1. The summed E-state index contributed by atoms with van der Waals surface area (Å²) >= 11 is 5.83. The van der Waals surface area contributed by atoms with Gasteiger partial charge in [-0.05, 0) is 30.5 Å². The van der Waals surface area contributed by atoms with E-state index in [9.17, 15) is 5.11 Å². The van der Waals surface area contributed by atoms with Crippen LogP contribution in [0, 0.1) is 5.92 Å². The largest absolute Gasteiger partial charge is 0.385 e. The van der Waals surface area contributed by atoms with Crippen molar-refractivity contribution in [2.75, 3.05) is 26.2 Å². The molecule has 1 aliphatic rings. The zero-order valence-electron chi connectivity index (χ0n) is 12.1. The first-order valence-corrected chi connectivity index (χ1v) is 7.85. The minimum absolute atomic E-state index is 0.373. The standard InChI is InChI=1S/C16H24ClNO2/c1-13-3-2-8-18(9-13)10-16(19)12-20-11-14-4-6-15(17)7-5-14/h4-7,13,16,19H,2-3,8-12H2,1H3/p+1/t13-,16+/m0/s1. The lowest BCUT2D eigenvalue weighted by Gasteiger charge is -2.29. The highest BCUT2D eigenvalue weighted by Gasteiger charge is 2.22. The zero-order chi connectivity index (χ0) is 14.4. The number of benzene rings is 1. The van der Waals surface area contributed by atoms with Gasteiger partial charge in [0.2, 0.25) is 0 Å². The lowest BCUT2D eigenvalue weighted by Crippen LogP contribution is -3.14. The van der Waals surface area contributed by atoms with Crippen molar-refractivity contribution in [3.63, 3.8) is 0 Å². The van der Waals surface area contributed by atoms with Crippen molar-refractivity contribution >= 4 is 11.6 Å². The number of aliphatic hydroxyl groups is 1. The van der Waals surface area contributed by atoms with Crippen molar-refractivity contribution in [2.45, 2.75) is 32.5 Å². The smallest absolute Gasteiger partial charge is 0.126 e. The molecule has 1 heterocycles. The minimum Gasteiger partial charge on any atom is -0.385 e. The molecule has 2 rings (SSSR count). The Morgan fingerprint density at radius 1 is 1.40 bits per heavy atom. The van der Waals surface area contributed by atoms with Crippen molar-refractivity contribution in [1.82, 2.24) is 0 Å². The van der Waals surface area contributed by atoms with Gasteiger partial charge >= 0.3 is 0 Å². The maximum Gasteiger partial charge on any atom is 0.126 e. The molecule has 0 radical (unpaired) electrons. The Morgan fingerprint density at radius 2 is 2.15 bits per heavy atom. The Kier molecular flexibility index (Phi) is 6.30. The van der Waals surface area contributed by atoms with E-state index in [1.54, 1.807) is 0 Å². The number of quaternary nitrogens is 1. The molecule has 2 N–H and O–H groups in total. The third kappa shape index (κ3) is 5.41. The Balaban J connectivity index is 1.64. The van der Waals surface area contributed by atoms with E-state index in [1.165, 1.54) is 30.8 Å². The molecule has 3 atom stereocenters. The summed E-state index contributed by atoms with van der Waals surface area (Å²) in [5, 5.41) is 10.8. The van der Waals surface area contributed by atoms with Crippen molar-refractivity contribution in [3.05, 3.63) is 34.9 Å². The average Bonchev–Trinajstić information content (AvgIpc) is 2.41. The molecule has 3 nitrogen and oxygen atoms in total. The Bertz CT molecular complexity index is 396. The van der Waals surface area contributed by atoms with Gasteiger partial charge in [0.15, 0.2) is 0 Å². The average molecular weight is 299 g/mol. The third-order valence-electron chi connectivity index (χ3n) is 3.88. The van der Waals surface area contributed by atoms with Gasteiger partial charge < -0.3 is 14.7 Å². The third-order valence-corrected chi connectivity index (χ3v) is 4.13. The molecule has 20 heavy (non-hydrogen) atoms. The van der Waals surface area contributed by atoms with E-state index in [0.717, 1.165) is 23.0 Å². The molecular formula is C16H25ClNO2+. The van der Waals surface area contributed by atoms with Crippen LogP contribution in [-0.4, -0.2) is 37.5 Å². The molecule has 1 aliphatic heterocycles.